The molecule has 1 spiro atoms. The lowest BCUT2D eigenvalue weighted by atomic mass is 9.62. The number of aliphatic hydroxyl groups excluding tert-OH is 5. The molecule has 6 fully saturated rings. The standard InChI is InChI=1S/C48H61N3O16/c1-46(2,3)64-34(54)16-15-30(24-52)49-42(58)31-14-7-17-50(31)45(60)48-22-32-38-39(66-47(65-38)20-28-12-4-5-13-29(28)21-47)41(48)67-51(40(48)43(59)62-32)23-27-10-6-9-26(19-27)11-8-18-61-44-37(57)36(56)35(55)33(25-53)63-44/h4-6,8-13,19,30-33,35-41,44,52-53,55-57H,7,14-18,20-25H2,1-3H3,(H,49,58)/t30-,31+,32+,33+,35-,36-,37+,38-,39-,40-,41+,44-,48-/m0/s1. The largest absolute Gasteiger partial charge is 0.460 e. The number of carbonyl (C=O) groups excluding carboxylic acids is 4. The molecule has 2 aliphatic carbocycles. The number of hydrogen-bond donors (Lipinski definition) is 6. The van der Waals surface area contributed by atoms with Gasteiger partial charge in [0, 0.05) is 32.2 Å². The Morgan fingerprint density at radius 2 is 1.73 bits per heavy atom. The third-order valence-electron chi connectivity index (χ3n) is 14.0. The first-order valence-electron chi connectivity index (χ1n) is 23.2. The number of carbonyl (C=O) groups is 4. The van der Waals surface area contributed by atoms with Gasteiger partial charge in [-0.1, -0.05) is 60.7 Å². The first kappa shape index (κ1) is 47.7. The summed E-state index contributed by atoms with van der Waals surface area (Å²) in [5, 5.41) is 54.6. The van der Waals surface area contributed by atoms with Gasteiger partial charge in [0.05, 0.1) is 32.4 Å². The maximum atomic E-state index is 15.6. The highest BCUT2D eigenvalue weighted by Gasteiger charge is 2.77. The Kier molecular flexibility index (Phi) is 13.4. The smallest absolute Gasteiger partial charge is 0.327 e. The first-order chi connectivity index (χ1) is 32.0. The van der Waals surface area contributed by atoms with Gasteiger partial charge in [-0.2, -0.15) is 5.06 Å². The molecule has 2 aromatic rings. The first-order valence-corrected chi connectivity index (χ1v) is 23.2. The van der Waals surface area contributed by atoms with Crippen LogP contribution in [0.15, 0.2) is 54.6 Å². The number of likely N-dealkylation sites (tertiary alicyclic amines) is 1. The summed E-state index contributed by atoms with van der Waals surface area (Å²) in [4.78, 5) is 65.0. The Morgan fingerprint density at radius 3 is 2.45 bits per heavy atom. The Labute approximate surface area is 387 Å². The van der Waals surface area contributed by atoms with Crippen LogP contribution in [0, 0.1) is 5.41 Å². The van der Waals surface area contributed by atoms with Crippen LogP contribution < -0.4 is 5.32 Å². The van der Waals surface area contributed by atoms with E-state index in [0.29, 0.717) is 25.7 Å². The van der Waals surface area contributed by atoms with E-state index in [2.05, 4.69) is 5.32 Å². The van der Waals surface area contributed by atoms with E-state index >= 15 is 4.79 Å². The number of esters is 2. The number of amides is 2. The topological polar surface area (TPSA) is 253 Å². The van der Waals surface area contributed by atoms with Crippen molar-refractivity contribution in [3.8, 4) is 0 Å². The molecule has 13 atom stereocenters. The van der Waals surface area contributed by atoms with E-state index in [-0.39, 0.29) is 39.0 Å². The second-order valence-electron chi connectivity index (χ2n) is 19.8. The Hall–Kier alpha value is -4.38. The SMILES string of the molecule is CC(C)(C)OC(=O)CC[C@@H](CO)NC(=O)[C@H]1CCCN1C(=O)[C@@]12C[C@H]3OC(=O)[C@@H]1N(Cc1cccc(C=CCO[C@H]4O[C@H](CO)[C@H](O)[C@H](O)[C@H]4O)c1)O[C@@H]2[C@H]1OC2(Cc4ccccc4C2)O[C@H]13. The molecule has 2 bridgehead atoms. The summed E-state index contributed by atoms with van der Waals surface area (Å²) in [6.45, 7) is 4.49. The lowest BCUT2D eigenvalue weighted by molar-refractivity contribution is -0.298. The monoisotopic (exact) mass is 935 g/mol. The number of fused-ring (bicyclic) bond motifs is 5. The molecule has 5 heterocycles. The molecule has 0 unspecified atom stereocenters. The number of rotatable bonds is 14. The van der Waals surface area contributed by atoms with Gasteiger partial charge in [0.1, 0.15) is 65.9 Å². The quantitative estimate of drug-likeness (QED) is 0.138. The van der Waals surface area contributed by atoms with E-state index in [1.54, 1.807) is 32.9 Å². The predicted molar refractivity (Wildman–Crippen MR) is 231 cm³/mol. The van der Waals surface area contributed by atoms with E-state index < -0.39 is 127 Å². The van der Waals surface area contributed by atoms with Gasteiger partial charge < -0.3 is 64.2 Å². The summed E-state index contributed by atoms with van der Waals surface area (Å²) < 4.78 is 36.4. The van der Waals surface area contributed by atoms with Crippen molar-refractivity contribution in [3.63, 3.8) is 0 Å². The fraction of sp³-hybridized carbons (Fsp3) is 0.625. The van der Waals surface area contributed by atoms with Gasteiger partial charge in [0.15, 0.2) is 18.1 Å². The van der Waals surface area contributed by atoms with Gasteiger partial charge in [-0.3, -0.25) is 24.0 Å². The third kappa shape index (κ3) is 9.16. The minimum Gasteiger partial charge on any atom is -0.460 e. The number of aliphatic hydroxyl groups is 5. The molecule has 7 aliphatic rings. The minimum atomic E-state index is -1.57. The van der Waals surface area contributed by atoms with Crippen molar-refractivity contribution in [1.82, 2.24) is 15.3 Å². The molecule has 0 radical (unpaired) electrons. The van der Waals surface area contributed by atoms with Gasteiger partial charge in [-0.15, -0.1) is 0 Å². The predicted octanol–water partition coefficient (Wildman–Crippen LogP) is 0.185. The molecular weight excluding hydrogens is 875 g/mol. The molecule has 19 heteroatoms. The number of benzene rings is 2. The number of ether oxygens (including phenoxy) is 6. The summed E-state index contributed by atoms with van der Waals surface area (Å²) in [5.41, 5.74) is 1.36. The average Bonchev–Trinajstić information content (AvgIpc) is 4.09. The summed E-state index contributed by atoms with van der Waals surface area (Å²) in [5.74, 6) is -3.11. The van der Waals surface area contributed by atoms with Crippen LogP contribution in [0.4, 0.5) is 0 Å². The molecular formula is C48H61N3O16. The summed E-state index contributed by atoms with van der Waals surface area (Å²) in [7, 11) is 0. The molecule has 0 aromatic heterocycles. The van der Waals surface area contributed by atoms with Crippen molar-refractivity contribution < 1.29 is 78.0 Å². The van der Waals surface area contributed by atoms with Gasteiger partial charge in [0.25, 0.3) is 0 Å². The molecule has 5 aliphatic heterocycles. The second-order valence-corrected chi connectivity index (χ2v) is 19.8. The molecule has 364 valence electrons. The second kappa shape index (κ2) is 18.8. The summed E-state index contributed by atoms with van der Waals surface area (Å²) >= 11 is 0. The molecule has 5 saturated heterocycles. The van der Waals surface area contributed by atoms with Crippen LogP contribution >= 0.6 is 0 Å². The highest BCUT2D eigenvalue weighted by molar-refractivity contribution is 5.96. The maximum Gasteiger partial charge on any atom is 0.327 e. The van der Waals surface area contributed by atoms with Crippen molar-refractivity contribution in [2.24, 2.45) is 5.41 Å². The van der Waals surface area contributed by atoms with E-state index in [0.717, 1.165) is 22.3 Å². The van der Waals surface area contributed by atoms with Crippen molar-refractivity contribution in [2.75, 3.05) is 26.4 Å². The summed E-state index contributed by atoms with van der Waals surface area (Å²) in [6, 6.07) is 12.4. The van der Waals surface area contributed by atoms with E-state index in [1.807, 2.05) is 48.5 Å². The maximum absolute atomic E-state index is 15.6. The van der Waals surface area contributed by atoms with Crippen molar-refractivity contribution >= 4 is 29.8 Å². The van der Waals surface area contributed by atoms with Crippen LogP contribution in [0.2, 0.25) is 0 Å². The highest BCUT2D eigenvalue weighted by atomic mass is 16.8. The van der Waals surface area contributed by atoms with Gasteiger partial charge >= 0.3 is 11.9 Å². The highest BCUT2D eigenvalue weighted by Crippen LogP contribution is 2.59. The lowest BCUT2D eigenvalue weighted by Crippen LogP contribution is -2.70. The number of hydrogen-bond acceptors (Lipinski definition) is 17. The lowest BCUT2D eigenvalue weighted by Gasteiger charge is -2.50. The van der Waals surface area contributed by atoms with Crippen LogP contribution in [0.3, 0.4) is 0 Å². The van der Waals surface area contributed by atoms with E-state index in [1.165, 1.54) is 9.96 Å². The summed E-state index contributed by atoms with van der Waals surface area (Å²) in [6.07, 6.45) is -5.09. The Balaban J connectivity index is 0.955. The van der Waals surface area contributed by atoms with Crippen LogP contribution in [0.5, 0.6) is 0 Å². The normalized spacial score (nSPS) is 34.5. The van der Waals surface area contributed by atoms with Crippen molar-refractivity contribution in [3.05, 3.63) is 76.9 Å². The number of nitrogens with one attached hydrogen (secondary N) is 1. The third-order valence-corrected chi connectivity index (χ3v) is 14.0. The van der Waals surface area contributed by atoms with Crippen molar-refractivity contribution in [2.45, 2.75) is 157 Å². The average molecular weight is 936 g/mol. The van der Waals surface area contributed by atoms with Crippen LogP contribution in [0.1, 0.15) is 75.1 Å². The molecule has 2 amide bonds. The zero-order valence-electron chi connectivity index (χ0n) is 37.8. The van der Waals surface area contributed by atoms with Crippen molar-refractivity contribution in [1.29, 1.82) is 0 Å². The van der Waals surface area contributed by atoms with Gasteiger partial charge in [-0.05, 0) is 62.3 Å². The van der Waals surface area contributed by atoms with E-state index in [9.17, 15) is 39.9 Å². The number of hydroxylamine groups is 2. The number of nitrogens with zero attached hydrogens (tertiary/aromatic N) is 2. The zero-order chi connectivity index (χ0) is 47.4. The Bertz CT molecular complexity index is 2190. The molecule has 67 heavy (non-hydrogen) atoms. The molecule has 2 aromatic carbocycles. The van der Waals surface area contributed by atoms with Crippen LogP contribution in [-0.2, 0) is 71.8 Å². The fourth-order valence-electron chi connectivity index (χ4n) is 11.0. The molecule has 19 nitrogen and oxygen atoms in total. The molecule has 6 N–H and O–H groups in total. The molecule has 1 saturated carbocycles. The van der Waals surface area contributed by atoms with Crippen LogP contribution in [0.25, 0.3) is 6.08 Å². The Morgan fingerprint density at radius 1 is 0.985 bits per heavy atom. The van der Waals surface area contributed by atoms with Gasteiger partial charge in [-0.25, -0.2) is 0 Å². The van der Waals surface area contributed by atoms with E-state index in [4.69, 9.17) is 33.3 Å². The minimum absolute atomic E-state index is 0.0322. The van der Waals surface area contributed by atoms with Crippen LogP contribution in [-0.4, -0.2) is 170 Å². The zero-order valence-corrected chi connectivity index (χ0v) is 37.8. The molecule has 9 rings (SSSR count). The van der Waals surface area contributed by atoms with Gasteiger partial charge in [0.2, 0.25) is 11.8 Å². The fourth-order valence-corrected chi connectivity index (χ4v) is 11.0.